The SMILES string of the molecule is CSC1=NC(C2=CCCC=C2)C(C(=O)OCCCc2ccccc2)=C(COCCN2CCCCC2)N1. The summed E-state index contributed by atoms with van der Waals surface area (Å²) in [6, 6.07) is 9.92. The number of hydrogen-bond donors (Lipinski definition) is 1. The molecule has 7 heteroatoms. The molecule has 0 aromatic heterocycles. The molecule has 2 aliphatic heterocycles. The van der Waals surface area contributed by atoms with Crippen LogP contribution in [-0.4, -0.2) is 67.8 Å². The van der Waals surface area contributed by atoms with Crippen LogP contribution >= 0.6 is 11.8 Å². The predicted molar refractivity (Wildman–Crippen MR) is 148 cm³/mol. The third-order valence-electron chi connectivity index (χ3n) is 6.79. The lowest BCUT2D eigenvalue weighted by Gasteiger charge is -2.29. The molecule has 0 spiro atoms. The summed E-state index contributed by atoms with van der Waals surface area (Å²) in [7, 11) is 0. The molecular formula is C29H39N3O3S. The molecule has 194 valence electrons. The highest BCUT2D eigenvalue weighted by atomic mass is 32.2. The summed E-state index contributed by atoms with van der Waals surface area (Å²) in [4.78, 5) is 20.8. The van der Waals surface area contributed by atoms with Crippen molar-refractivity contribution in [3.63, 3.8) is 0 Å². The van der Waals surface area contributed by atoms with Crippen LogP contribution in [0.2, 0.25) is 0 Å². The standard InChI is InChI=1S/C29H39N3O3S/c1-36-29-30-25(22-34-21-19-32-17-9-4-10-18-32)26(27(31-29)24-15-7-3-8-16-24)28(33)35-20-11-14-23-12-5-2-6-13-23/h2,5-7,12-13,15-16,27H,3-4,8-11,14,17-22H2,1H3,(H,30,31). The number of benzene rings is 1. The number of allylic oxidation sites excluding steroid dienone is 2. The maximum atomic E-state index is 13.4. The van der Waals surface area contributed by atoms with Crippen molar-refractivity contribution in [2.24, 2.45) is 4.99 Å². The van der Waals surface area contributed by atoms with Crippen LogP contribution in [0.4, 0.5) is 0 Å². The van der Waals surface area contributed by atoms with Gasteiger partial charge in [0.25, 0.3) is 0 Å². The fourth-order valence-electron chi connectivity index (χ4n) is 4.82. The van der Waals surface area contributed by atoms with Gasteiger partial charge in [-0.15, -0.1) is 0 Å². The Morgan fingerprint density at radius 2 is 1.97 bits per heavy atom. The van der Waals surface area contributed by atoms with E-state index in [4.69, 9.17) is 14.5 Å². The molecule has 0 radical (unpaired) electrons. The number of thioether (sulfide) groups is 1. The lowest BCUT2D eigenvalue weighted by Crippen LogP contribution is -2.38. The number of amidine groups is 1. The molecule has 0 saturated carbocycles. The molecule has 1 aliphatic carbocycles. The number of rotatable bonds is 11. The van der Waals surface area contributed by atoms with Gasteiger partial charge in [0.2, 0.25) is 0 Å². The molecule has 1 unspecified atom stereocenters. The summed E-state index contributed by atoms with van der Waals surface area (Å²) in [6.07, 6.45) is 15.9. The number of carbonyl (C=O) groups excluding carboxylic acids is 1. The van der Waals surface area contributed by atoms with E-state index < -0.39 is 0 Å². The van der Waals surface area contributed by atoms with E-state index in [9.17, 15) is 4.79 Å². The third kappa shape index (κ3) is 7.82. The molecule has 1 aromatic rings. The van der Waals surface area contributed by atoms with Crippen molar-refractivity contribution < 1.29 is 14.3 Å². The number of esters is 1. The van der Waals surface area contributed by atoms with Crippen LogP contribution in [-0.2, 0) is 20.7 Å². The Balaban J connectivity index is 1.43. The first-order valence-electron chi connectivity index (χ1n) is 13.2. The summed E-state index contributed by atoms with van der Waals surface area (Å²) in [5.74, 6) is -0.307. The molecule has 0 amide bonds. The minimum absolute atomic E-state index is 0.307. The van der Waals surface area contributed by atoms with E-state index in [0.717, 1.165) is 61.8 Å². The topological polar surface area (TPSA) is 63.2 Å². The van der Waals surface area contributed by atoms with Crippen molar-refractivity contribution >= 4 is 22.9 Å². The Kier molecular flexibility index (Phi) is 10.7. The molecule has 1 N–H and O–H groups in total. The average molecular weight is 510 g/mol. The maximum absolute atomic E-state index is 13.4. The van der Waals surface area contributed by atoms with Crippen LogP contribution in [0.15, 0.2) is 70.4 Å². The average Bonchev–Trinajstić information content (AvgIpc) is 2.94. The summed E-state index contributed by atoms with van der Waals surface area (Å²) < 4.78 is 11.9. The number of likely N-dealkylation sites (tertiary alicyclic amines) is 1. The van der Waals surface area contributed by atoms with Gasteiger partial charge < -0.3 is 19.7 Å². The number of nitrogens with zero attached hydrogens (tertiary/aromatic N) is 2. The Bertz CT molecular complexity index is 981. The summed E-state index contributed by atoms with van der Waals surface area (Å²) in [5.41, 5.74) is 3.64. The number of piperidine rings is 1. The fraction of sp³-hybridized carbons (Fsp3) is 0.517. The van der Waals surface area contributed by atoms with Gasteiger partial charge in [0, 0.05) is 6.54 Å². The second-order valence-electron chi connectivity index (χ2n) is 9.42. The zero-order valence-electron chi connectivity index (χ0n) is 21.4. The van der Waals surface area contributed by atoms with E-state index in [1.165, 1.54) is 24.8 Å². The van der Waals surface area contributed by atoms with Gasteiger partial charge in [-0.2, -0.15) is 0 Å². The van der Waals surface area contributed by atoms with Gasteiger partial charge in [-0.1, -0.05) is 66.7 Å². The second-order valence-corrected chi connectivity index (χ2v) is 10.2. The van der Waals surface area contributed by atoms with Crippen molar-refractivity contribution in [2.75, 3.05) is 45.7 Å². The number of nitrogens with one attached hydrogen (secondary N) is 1. The van der Waals surface area contributed by atoms with Crippen molar-refractivity contribution in [3.8, 4) is 0 Å². The molecule has 3 aliphatic rings. The van der Waals surface area contributed by atoms with Crippen LogP contribution in [0.25, 0.3) is 0 Å². The Morgan fingerprint density at radius 1 is 1.14 bits per heavy atom. The van der Waals surface area contributed by atoms with Crippen molar-refractivity contribution in [1.29, 1.82) is 0 Å². The first-order chi connectivity index (χ1) is 17.7. The van der Waals surface area contributed by atoms with Gasteiger partial charge in [-0.25, -0.2) is 9.79 Å². The molecule has 1 aromatic carbocycles. The molecule has 36 heavy (non-hydrogen) atoms. The van der Waals surface area contributed by atoms with E-state index in [1.54, 1.807) is 11.8 Å². The van der Waals surface area contributed by atoms with Gasteiger partial charge in [0.05, 0.1) is 31.1 Å². The Morgan fingerprint density at radius 3 is 2.72 bits per heavy atom. The largest absolute Gasteiger partial charge is 0.462 e. The van der Waals surface area contributed by atoms with Crippen LogP contribution in [0.1, 0.15) is 44.1 Å². The number of ether oxygens (including phenoxy) is 2. The van der Waals surface area contributed by atoms with E-state index >= 15 is 0 Å². The van der Waals surface area contributed by atoms with E-state index in [2.05, 4.69) is 40.6 Å². The first-order valence-corrected chi connectivity index (χ1v) is 14.5. The second kappa shape index (κ2) is 14.4. The molecule has 1 fully saturated rings. The number of aryl methyl sites for hydroxylation is 1. The van der Waals surface area contributed by atoms with E-state index in [-0.39, 0.29) is 12.0 Å². The quantitative estimate of drug-likeness (QED) is 0.339. The molecule has 2 heterocycles. The Labute approximate surface area is 219 Å². The zero-order chi connectivity index (χ0) is 25.0. The van der Waals surface area contributed by atoms with Gasteiger partial charge in [-0.3, -0.25) is 0 Å². The smallest absolute Gasteiger partial charge is 0.338 e. The van der Waals surface area contributed by atoms with Crippen LogP contribution in [0.3, 0.4) is 0 Å². The summed E-state index contributed by atoms with van der Waals surface area (Å²) in [5, 5.41) is 4.16. The normalized spacial score (nSPS) is 20.5. The highest BCUT2D eigenvalue weighted by Crippen LogP contribution is 2.28. The van der Waals surface area contributed by atoms with Crippen LogP contribution < -0.4 is 5.32 Å². The number of hydrogen-bond acceptors (Lipinski definition) is 7. The lowest BCUT2D eigenvalue weighted by molar-refractivity contribution is -0.139. The van der Waals surface area contributed by atoms with Gasteiger partial charge in [0.1, 0.15) is 6.04 Å². The maximum Gasteiger partial charge on any atom is 0.338 e. The fourth-order valence-corrected chi connectivity index (χ4v) is 5.26. The van der Waals surface area contributed by atoms with Gasteiger partial charge in [0.15, 0.2) is 5.17 Å². The Hall–Kier alpha value is -2.35. The van der Waals surface area contributed by atoms with E-state index in [1.807, 2.05) is 24.5 Å². The highest BCUT2D eigenvalue weighted by Gasteiger charge is 2.32. The number of aliphatic imine (C=N–C) groups is 1. The summed E-state index contributed by atoms with van der Waals surface area (Å²) in [6.45, 7) is 4.58. The molecule has 6 nitrogen and oxygen atoms in total. The zero-order valence-corrected chi connectivity index (χ0v) is 22.2. The van der Waals surface area contributed by atoms with Gasteiger partial charge in [-0.05, 0) is 69.0 Å². The third-order valence-corrected chi connectivity index (χ3v) is 7.38. The first kappa shape index (κ1) is 26.7. The highest BCUT2D eigenvalue weighted by molar-refractivity contribution is 8.13. The minimum Gasteiger partial charge on any atom is -0.462 e. The van der Waals surface area contributed by atoms with Crippen molar-refractivity contribution in [1.82, 2.24) is 10.2 Å². The van der Waals surface area contributed by atoms with Crippen LogP contribution in [0, 0.1) is 0 Å². The molecule has 4 rings (SSSR count). The summed E-state index contributed by atoms with van der Waals surface area (Å²) >= 11 is 1.55. The van der Waals surface area contributed by atoms with Gasteiger partial charge >= 0.3 is 5.97 Å². The number of carbonyl (C=O) groups is 1. The van der Waals surface area contributed by atoms with E-state index in [0.29, 0.717) is 25.4 Å². The molecule has 1 atom stereocenters. The van der Waals surface area contributed by atoms with Crippen molar-refractivity contribution in [2.45, 2.75) is 51.0 Å². The lowest BCUT2D eigenvalue weighted by atomic mass is 9.92. The molecular weight excluding hydrogens is 470 g/mol. The van der Waals surface area contributed by atoms with Crippen molar-refractivity contribution in [3.05, 3.63) is 71.0 Å². The van der Waals surface area contributed by atoms with Crippen LogP contribution in [0.5, 0.6) is 0 Å². The molecule has 1 saturated heterocycles. The molecule has 0 bridgehead atoms. The minimum atomic E-state index is -0.368. The monoisotopic (exact) mass is 509 g/mol. The predicted octanol–water partition coefficient (Wildman–Crippen LogP) is 4.89.